The fourth-order valence-corrected chi connectivity index (χ4v) is 2.61. The van der Waals surface area contributed by atoms with E-state index in [1.807, 2.05) is 30.3 Å². The first-order chi connectivity index (χ1) is 11.3. The third-order valence-corrected chi connectivity index (χ3v) is 3.67. The Labute approximate surface area is 132 Å². The number of carbonyl (C=O) groups is 1. The zero-order chi connectivity index (χ0) is 16.1. The van der Waals surface area contributed by atoms with E-state index in [0.29, 0.717) is 12.3 Å². The number of aromatic nitrogens is 1. The molecule has 0 N–H and O–H groups in total. The van der Waals surface area contributed by atoms with Gasteiger partial charge < -0.3 is 9.15 Å². The smallest absolute Gasteiger partial charge is 0.410 e. The first-order valence-corrected chi connectivity index (χ1v) is 7.19. The zero-order valence-electron chi connectivity index (χ0n) is 12.3. The van der Waals surface area contributed by atoms with Crippen LogP contribution in [0.3, 0.4) is 0 Å². The van der Waals surface area contributed by atoms with Crippen LogP contribution in [0.15, 0.2) is 52.3 Å². The lowest BCUT2D eigenvalue weighted by Gasteiger charge is -2.21. The summed E-state index contributed by atoms with van der Waals surface area (Å²) < 4.78 is 10.6. The molecule has 1 aromatic heterocycles. The maximum atomic E-state index is 12.4. The normalized spacial score (nSPS) is 20.1. The molecule has 1 aromatic carbocycles. The van der Waals surface area contributed by atoms with Gasteiger partial charge in [-0.2, -0.15) is 0 Å². The van der Waals surface area contributed by atoms with E-state index in [4.69, 9.17) is 14.7 Å². The van der Waals surface area contributed by atoms with Crippen LogP contribution in [0.2, 0.25) is 0 Å². The molecular formula is C15H15N5O3. The fourth-order valence-electron chi connectivity index (χ4n) is 2.61. The third kappa shape index (κ3) is 3.44. The van der Waals surface area contributed by atoms with Gasteiger partial charge in [0.25, 0.3) is 0 Å². The van der Waals surface area contributed by atoms with Crippen LogP contribution in [0.1, 0.15) is 23.9 Å². The molecule has 0 bridgehead atoms. The molecule has 1 aliphatic heterocycles. The van der Waals surface area contributed by atoms with Gasteiger partial charge in [-0.1, -0.05) is 35.4 Å². The van der Waals surface area contributed by atoms with E-state index in [1.54, 1.807) is 0 Å². The lowest BCUT2D eigenvalue weighted by Crippen LogP contribution is -2.32. The van der Waals surface area contributed by atoms with E-state index in [9.17, 15) is 4.79 Å². The van der Waals surface area contributed by atoms with Crippen molar-refractivity contribution >= 4 is 6.09 Å². The van der Waals surface area contributed by atoms with Gasteiger partial charge in [-0.15, -0.1) is 0 Å². The van der Waals surface area contributed by atoms with E-state index in [1.165, 1.54) is 17.4 Å². The summed E-state index contributed by atoms with van der Waals surface area (Å²) in [6.45, 7) is 0.464. The van der Waals surface area contributed by atoms with Gasteiger partial charge in [0, 0.05) is 11.5 Å². The summed E-state index contributed by atoms with van der Waals surface area (Å²) in [6.07, 6.45) is 2.95. The van der Waals surface area contributed by atoms with E-state index in [-0.39, 0.29) is 25.2 Å². The minimum Gasteiger partial charge on any atom is -0.447 e. The van der Waals surface area contributed by atoms with Gasteiger partial charge in [0.15, 0.2) is 0 Å². The molecule has 1 fully saturated rings. The molecule has 1 aliphatic rings. The second-order valence-corrected chi connectivity index (χ2v) is 5.17. The Kier molecular flexibility index (Phi) is 4.44. The van der Waals surface area contributed by atoms with Crippen molar-refractivity contribution < 1.29 is 13.9 Å². The van der Waals surface area contributed by atoms with Crippen molar-refractivity contribution in [1.82, 2.24) is 9.88 Å². The summed E-state index contributed by atoms with van der Waals surface area (Å²) in [5.74, 6) is 0.414. The molecule has 0 radical (unpaired) electrons. The summed E-state index contributed by atoms with van der Waals surface area (Å²) >= 11 is 0. The maximum Gasteiger partial charge on any atom is 0.410 e. The minimum absolute atomic E-state index is 0.181. The van der Waals surface area contributed by atoms with Crippen molar-refractivity contribution in [3.05, 3.63) is 64.7 Å². The molecule has 3 rings (SSSR count). The van der Waals surface area contributed by atoms with Crippen molar-refractivity contribution in [3.8, 4) is 0 Å². The summed E-state index contributed by atoms with van der Waals surface area (Å²) in [6, 6.07) is 8.72. The summed E-state index contributed by atoms with van der Waals surface area (Å²) in [4.78, 5) is 20.8. The lowest BCUT2D eigenvalue weighted by atomic mass is 10.2. The van der Waals surface area contributed by atoms with Gasteiger partial charge >= 0.3 is 6.09 Å². The van der Waals surface area contributed by atoms with Gasteiger partial charge in [-0.05, 0) is 17.5 Å². The van der Waals surface area contributed by atoms with Gasteiger partial charge in [-0.3, -0.25) is 4.90 Å². The molecule has 8 heteroatoms. The van der Waals surface area contributed by atoms with Gasteiger partial charge in [-0.25, -0.2) is 9.78 Å². The van der Waals surface area contributed by atoms with Crippen LogP contribution in [0, 0.1) is 0 Å². The first-order valence-electron chi connectivity index (χ1n) is 7.19. The average molecular weight is 313 g/mol. The highest BCUT2D eigenvalue weighted by Gasteiger charge is 2.39. The van der Waals surface area contributed by atoms with Crippen molar-refractivity contribution in [2.75, 3.05) is 6.54 Å². The van der Waals surface area contributed by atoms with E-state index < -0.39 is 6.09 Å². The Morgan fingerprint density at radius 1 is 1.48 bits per heavy atom. The van der Waals surface area contributed by atoms with Crippen LogP contribution in [-0.4, -0.2) is 28.6 Å². The number of oxazole rings is 1. The van der Waals surface area contributed by atoms with Crippen molar-refractivity contribution in [1.29, 1.82) is 0 Å². The third-order valence-electron chi connectivity index (χ3n) is 3.67. The molecule has 2 heterocycles. The summed E-state index contributed by atoms with van der Waals surface area (Å²) in [5.41, 5.74) is 9.51. The second kappa shape index (κ2) is 6.85. The monoisotopic (exact) mass is 313 g/mol. The molecule has 2 aromatic rings. The predicted octanol–water partition coefficient (Wildman–Crippen LogP) is 3.44. The molecule has 0 spiro atoms. The summed E-state index contributed by atoms with van der Waals surface area (Å²) in [7, 11) is 0. The highest BCUT2D eigenvalue weighted by atomic mass is 16.6. The molecular weight excluding hydrogens is 298 g/mol. The average Bonchev–Trinajstić information content (AvgIpc) is 3.23. The molecule has 1 unspecified atom stereocenters. The number of amides is 1. The first kappa shape index (κ1) is 14.9. The number of carbonyl (C=O) groups excluding carboxylic acids is 1. The Balaban J connectivity index is 1.70. The van der Waals surface area contributed by atoms with Crippen LogP contribution >= 0.6 is 0 Å². The summed E-state index contributed by atoms with van der Waals surface area (Å²) in [5, 5.41) is 3.70. The molecule has 0 aliphatic carbocycles. The van der Waals surface area contributed by atoms with Crippen LogP contribution in [0.4, 0.5) is 4.79 Å². The second-order valence-electron chi connectivity index (χ2n) is 5.17. The number of ether oxygens (including phenoxy) is 1. The molecule has 1 saturated heterocycles. The number of likely N-dealkylation sites (tertiary alicyclic amines) is 1. The van der Waals surface area contributed by atoms with Crippen LogP contribution in [-0.2, 0) is 11.3 Å². The van der Waals surface area contributed by atoms with Crippen LogP contribution in [0.5, 0.6) is 0 Å². The lowest BCUT2D eigenvalue weighted by molar-refractivity contribution is 0.0876. The molecule has 8 nitrogen and oxygen atoms in total. The standard InChI is InChI=1S/C15H15N5O3/c16-19-18-12-8-13(14-17-6-7-22-14)20(9-12)15(21)23-10-11-4-2-1-3-5-11/h1-7,12-13H,8-10H2/t12?,13-/m0/s1. The molecule has 2 atom stereocenters. The number of rotatable bonds is 4. The number of nitrogens with zero attached hydrogens (tertiary/aromatic N) is 5. The molecule has 23 heavy (non-hydrogen) atoms. The number of benzene rings is 1. The van der Waals surface area contributed by atoms with Gasteiger partial charge in [0.1, 0.15) is 18.9 Å². The highest BCUT2D eigenvalue weighted by Crippen LogP contribution is 2.33. The zero-order valence-corrected chi connectivity index (χ0v) is 12.3. The number of azide groups is 1. The Hall–Kier alpha value is -2.99. The Morgan fingerprint density at radius 3 is 3.00 bits per heavy atom. The van der Waals surface area contributed by atoms with E-state index in [2.05, 4.69) is 15.0 Å². The van der Waals surface area contributed by atoms with Crippen molar-refractivity contribution in [2.45, 2.75) is 25.1 Å². The van der Waals surface area contributed by atoms with Crippen LogP contribution < -0.4 is 0 Å². The van der Waals surface area contributed by atoms with Crippen LogP contribution in [0.25, 0.3) is 10.4 Å². The predicted molar refractivity (Wildman–Crippen MR) is 80.1 cm³/mol. The molecule has 118 valence electrons. The van der Waals surface area contributed by atoms with E-state index in [0.717, 1.165) is 5.56 Å². The number of hydrogen-bond donors (Lipinski definition) is 0. The topological polar surface area (TPSA) is 104 Å². The van der Waals surface area contributed by atoms with Crippen molar-refractivity contribution in [3.63, 3.8) is 0 Å². The fraction of sp³-hybridized carbons (Fsp3) is 0.333. The molecule has 1 amide bonds. The quantitative estimate of drug-likeness (QED) is 0.489. The molecule has 0 saturated carbocycles. The largest absolute Gasteiger partial charge is 0.447 e. The number of hydrogen-bond acceptors (Lipinski definition) is 5. The van der Waals surface area contributed by atoms with Gasteiger partial charge in [0.05, 0.1) is 12.2 Å². The van der Waals surface area contributed by atoms with E-state index >= 15 is 0 Å². The maximum absolute atomic E-state index is 12.4. The highest BCUT2D eigenvalue weighted by molar-refractivity contribution is 5.68. The SMILES string of the molecule is [N-]=[N+]=NC1C[C@@H](c2ncco2)N(C(=O)OCc2ccccc2)C1. The Morgan fingerprint density at radius 2 is 2.30 bits per heavy atom. The Bertz CT molecular complexity index is 697. The van der Waals surface area contributed by atoms with Gasteiger partial charge in [0.2, 0.25) is 5.89 Å². The van der Waals surface area contributed by atoms with Crippen molar-refractivity contribution in [2.24, 2.45) is 5.11 Å². The minimum atomic E-state index is -0.479.